The van der Waals surface area contributed by atoms with E-state index in [1.54, 1.807) is 30.3 Å². The summed E-state index contributed by atoms with van der Waals surface area (Å²) in [4.78, 5) is 12.9. The van der Waals surface area contributed by atoms with Crippen LogP contribution in [0.3, 0.4) is 0 Å². The Labute approximate surface area is 246 Å². The molecular weight excluding hydrogens is 623 g/mol. The Morgan fingerprint density at radius 3 is 2.41 bits per heavy atom. The van der Waals surface area contributed by atoms with Crippen molar-refractivity contribution in [1.29, 1.82) is 0 Å². The SMILES string of the molecule is Cc1cc(/C=N/NC(=O)CN(Cc2ccccc2)S(=O)(=O)c2ccc(Br)cc2)c(C)n1-c1cc(Cl)ccc1Cl. The molecule has 0 unspecified atom stereocenters. The van der Waals surface area contributed by atoms with E-state index in [1.807, 2.05) is 54.8 Å². The van der Waals surface area contributed by atoms with Crippen LogP contribution in [0.4, 0.5) is 0 Å². The lowest BCUT2D eigenvalue weighted by Gasteiger charge is -2.21. The maximum atomic E-state index is 13.4. The Morgan fingerprint density at radius 1 is 1.03 bits per heavy atom. The monoisotopic (exact) mass is 646 g/mol. The first kappa shape index (κ1) is 29.0. The highest BCUT2D eigenvalue weighted by molar-refractivity contribution is 9.10. The molecule has 4 aromatic rings. The van der Waals surface area contributed by atoms with Crippen molar-refractivity contribution in [1.82, 2.24) is 14.3 Å². The van der Waals surface area contributed by atoms with Crippen LogP contribution in [0.25, 0.3) is 5.69 Å². The average molecular weight is 648 g/mol. The molecule has 0 saturated carbocycles. The summed E-state index contributed by atoms with van der Waals surface area (Å²) >= 11 is 15.9. The van der Waals surface area contributed by atoms with E-state index in [2.05, 4.69) is 26.5 Å². The first-order valence-electron chi connectivity index (χ1n) is 11.8. The molecule has 3 aromatic carbocycles. The summed E-state index contributed by atoms with van der Waals surface area (Å²) in [6.45, 7) is 3.44. The van der Waals surface area contributed by atoms with Crippen LogP contribution in [0.2, 0.25) is 10.0 Å². The largest absolute Gasteiger partial charge is 0.316 e. The standard InChI is InChI=1S/C28H25BrCl2N4O3S/c1-19-14-22(20(2)35(19)27-15-24(30)10-13-26(27)31)16-32-33-28(36)18-34(17-21-6-4-3-5-7-21)39(37,38)25-11-8-23(29)9-12-25/h3-16H,17-18H2,1-2H3,(H,33,36)/b32-16+. The number of carbonyl (C=O) groups is 1. The van der Waals surface area contributed by atoms with Gasteiger partial charge in [0.25, 0.3) is 5.91 Å². The molecule has 0 radical (unpaired) electrons. The zero-order valence-corrected chi connectivity index (χ0v) is 25.0. The summed E-state index contributed by atoms with van der Waals surface area (Å²) in [6, 6.07) is 22.5. The van der Waals surface area contributed by atoms with Gasteiger partial charge in [-0.1, -0.05) is 69.5 Å². The van der Waals surface area contributed by atoms with Gasteiger partial charge < -0.3 is 4.57 Å². The molecule has 11 heteroatoms. The highest BCUT2D eigenvalue weighted by Gasteiger charge is 2.27. The highest BCUT2D eigenvalue weighted by atomic mass is 79.9. The lowest BCUT2D eigenvalue weighted by atomic mass is 10.2. The molecule has 0 aliphatic rings. The van der Waals surface area contributed by atoms with Gasteiger partial charge >= 0.3 is 0 Å². The van der Waals surface area contributed by atoms with E-state index in [0.717, 1.165) is 37.0 Å². The molecule has 1 aromatic heterocycles. The Hall–Kier alpha value is -2.95. The Balaban J connectivity index is 1.53. The number of aryl methyl sites for hydroxylation is 1. The number of rotatable bonds is 9. The van der Waals surface area contributed by atoms with E-state index in [-0.39, 0.29) is 11.4 Å². The lowest BCUT2D eigenvalue weighted by Crippen LogP contribution is -2.39. The van der Waals surface area contributed by atoms with E-state index in [4.69, 9.17) is 23.2 Å². The van der Waals surface area contributed by atoms with Crippen LogP contribution in [0.5, 0.6) is 0 Å². The van der Waals surface area contributed by atoms with Crippen molar-refractivity contribution in [3.63, 3.8) is 0 Å². The number of benzene rings is 3. The molecule has 1 N–H and O–H groups in total. The molecule has 0 atom stereocenters. The predicted octanol–water partition coefficient (Wildman–Crippen LogP) is 6.50. The molecule has 39 heavy (non-hydrogen) atoms. The van der Waals surface area contributed by atoms with E-state index in [9.17, 15) is 13.2 Å². The summed E-state index contributed by atoms with van der Waals surface area (Å²) < 4.78 is 30.7. The van der Waals surface area contributed by atoms with E-state index in [1.165, 1.54) is 18.3 Å². The van der Waals surface area contributed by atoms with Crippen LogP contribution >= 0.6 is 39.1 Å². The Kier molecular flexibility index (Phi) is 9.30. The zero-order valence-electron chi connectivity index (χ0n) is 21.1. The van der Waals surface area contributed by atoms with Crippen LogP contribution in [-0.4, -0.2) is 36.0 Å². The molecule has 0 fully saturated rings. The van der Waals surface area contributed by atoms with Gasteiger partial charge in [-0.2, -0.15) is 9.41 Å². The molecule has 0 spiro atoms. The van der Waals surface area contributed by atoms with Crippen LogP contribution in [0.1, 0.15) is 22.5 Å². The molecule has 0 saturated heterocycles. The molecular formula is C28H25BrCl2N4O3S. The third-order valence-corrected chi connectivity index (χ3v) is 8.87. The highest BCUT2D eigenvalue weighted by Crippen LogP contribution is 2.28. The number of sulfonamides is 1. The van der Waals surface area contributed by atoms with Gasteiger partial charge in [0.1, 0.15) is 0 Å². The predicted molar refractivity (Wildman–Crippen MR) is 159 cm³/mol. The van der Waals surface area contributed by atoms with Gasteiger partial charge in [0.2, 0.25) is 10.0 Å². The second kappa shape index (κ2) is 12.5. The van der Waals surface area contributed by atoms with Gasteiger partial charge in [-0.3, -0.25) is 4.79 Å². The van der Waals surface area contributed by atoms with Crippen molar-refractivity contribution < 1.29 is 13.2 Å². The molecule has 0 aliphatic carbocycles. The summed E-state index contributed by atoms with van der Waals surface area (Å²) in [5.41, 5.74) is 6.45. The van der Waals surface area contributed by atoms with Gasteiger partial charge in [-0.25, -0.2) is 13.8 Å². The smallest absolute Gasteiger partial charge is 0.255 e. The van der Waals surface area contributed by atoms with Gasteiger partial charge in [0.05, 0.1) is 28.4 Å². The van der Waals surface area contributed by atoms with Crippen molar-refractivity contribution in [2.45, 2.75) is 25.3 Å². The summed E-state index contributed by atoms with van der Waals surface area (Å²) in [5, 5.41) is 5.20. The average Bonchev–Trinajstić information content (AvgIpc) is 3.18. The van der Waals surface area contributed by atoms with E-state index < -0.39 is 22.5 Å². The van der Waals surface area contributed by atoms with Crippen molar-refractivity contribution in [3.8, 4) is 5.69 Å². The normalized spacial score (nSPS) is 11.8. The fraction of sp³-hybridized carbons (Fsp3) is 0.143. The van der Waals surface area contributed by atoms with Crippen LogP contribution in [-0.2, 0) is 21.4 Å². The fourth-order valence-corrected chi connectivity index (χ4v) is 6.10. The van der Waals surface area contributed by atoms with Gasteiger partial charge in [0.15, 0.2) is 0 Å². The first-order valence-corrected chi connectivity index (χ1v) is 14.8. The van der Waals surface area contributed by atoms with Gasteiger partial charge in [0, 0.05) is 33.0 Å². The number of amides is 1. The first-order chi connectivity index (χ1) is 18.6. The minimum absolute atomic E-state index is 0.0257. The van der Waals surface area contributed by atoms with Crippen molar-refractivity contribution in [3.05, 3.63) is 116 Å². The third-order valence-electron chi connectivity index (χ3n) is 5.99. The molecule has 1 amide bonds. The second-order valence-corrected chi connectivity index (χ2v) is 12.5. The Morgan fingerprint density at radius 2 is 1.72 bits per heavy atom. The molecule has 1 heterocycles. The van der Waals surface area contributed by atoms with Crippen LogP contribution < -0.4 is 5.43 Å². The topological polar surface area (TPSA) is 83.8 Å². The number of carbonyl (C=O) groups excluding carboxylic acids is 1. The Bertz CT molecular complexity index is 1620. The molecule has 4 rings (SSSR count). The minimum Gasteiger partial charge on any atom is -0.316 e. The third kappa shape index (κ3) is 6.98. The summed E-state index contributed by atoms with van der Waals surface area (Å²) in [5.74, 6) is -0.574. The number of hydrazone groups is 1. The molecule has 202 valence electrons. The van der Waals surface area contributed by atoms with Gasteiger partial charge in [-0.15, -0.1) is 0 Å². The van der Waals surface area contributed by atoms with Crippen molar-refractivity contribution >= 4 is 61.3 Å². The van der Waals surface area contributed by atoms with Crippen molar-refractivity contribution in [2.75, 3.05) is 6.54 Å². The van der Waals surface area contributed by atoms with E-state index >= 15 is 0 Å². The van der Waals surface area contributed by atoms with Gasteiger partial charge in [-0.05, 0) is 67.9 Å². The molecule has 0 bridgehead atoms. The zero-order chi connectivity index (χ0) is 28.2. The quantitative estimate of drug-likeness (QED) is 0.166. The second-order valence-electron chi connectivity index (χ2n) is 8.76. The van der Waals surface area contributed by atoms with E-state index in [0.29, 0.717) is 10.0 Å². The summed E-state index contributed by atoms with van der Waals surface area (Å²) in [6.07, 6.45) is 1.51. The number of nitrogens with one attached hydrogen (secondary N) is 1. The van der Waals surface area contributed by atoms with Crippen LogP contribution in [0.15, 0.2) is 93.3 Å². The molecule has 7 nitrogen and oxygen atoms in total. The number of hydrogen-bond donors (Lipinski definition) is 1. The number of halogens is 3. The maximum Gasteiger partial charge on any atom is 0.255 e. The number of hydrogen-bond acceptors (Lipinski definition) is 4. The maximum absolute atomic E-state index is 13.4. The number of nitrogens with zero attached hydrogens (tertiary/aromatic N) is 3. The lowest BCUT2D eigenvalue weighted by molar-refractivity contribution is -0.121. The fourth-order valence-electron chi connectivity index (χ4n) is 4.08. The number of aromatic nitrogens is 1. The van der Waals surface area contributed by atoms with Crippen molar-refractivity contribution in [2.24, 2.45) is 5.10 Å². The van der Waals surface area contributed by atoms with Crippen LogP contribution in [0, 0.1) is 13.8 Å². The minimum atomic E-state index is -3.96. The summed E-state index contributed by atoms with van der Waals surface area (Å²) in [7, 11) is -3.96. The molecule has 0 aliphatic heterocycles.